The third kappa shape index (κ3) is 10.4. The van der Waals surface area contributed by atoms with Crippen molar-refractivity contribution in [1.82, 2.24) is 0 Å². The van der Waals surface area contributed by atoms with Crippen molar-refractivity contribution in [2.75, 3.05) is 13.2 Å². The van der Waals surface area contributed by atoms with Gasteiger partial charge in [-0.1, -0.05) is 89.5 Å². The molecule has 2 rings (SSSR count). The molecule has 0 aliphatic carbocycles. The van der Waals surface area contributed by atoms with Crippen molar-refractivity contribution in [2.45, 2.75) is 91.1 Å². The third-order valence-electron chi connectivity index (χ3n) is 5.79. The molecule has 4 nitrogen and oxygen atoms in total. The summed E-state index contributed by atoms with van der Waals surface area (Å²) in [6.45, 7) is 7.80. The Morgan fingerprint density at radius 3 is 2.00 bits per heavy atom. The molecule has 2 aromatic rings. The Morgan fingerprint density at radius 1 is 0.727 bits per heavy atom. The van der Waals surface area contributed by atoms with Crippen LogP contribution in [-0.2, 0) is 4.74 Å². The van der Waals surface area contributed by atoms with E-state index >= 15 is 0 Å². The Labute approximate surface area is 200 Å². The first-order chi connectivity index (χ1) is 16.2. The summed E-state index contributed by atoms with van der Waals surface area (Å²) < 4.78 is 17.4. The molecule has 182 valence electrons. The second-order valence-electron chi connectivity index (χ2n) is 8.65. The summed E-state index contributed by atoms with van der Waals surface area (Å²) in [6.07, 6.45) is 12.4. The second-order valence-corrected chi connectivity index (χ2v) is 8.65. The lowest BCUT2D eigenvalue weighted by atomic mass is 10.1. The average Bonchev–Trinajstić information content (AvgIpc) is 2.84. The quantitative estimate of drug-likeness (QED) is 0.137. The van der Waals surface area contributed by atoms with Crippen LogP contribution in [0.1, 0.15) is 107 Å². The van der Waals surface area contributed by atoms with Crippen molar-refractivity contribution < 1.29 is 19.0 Å². The van der Waals surface area contributed by atoms with Crippen LogP contribution in [0.2, 0.25) is 0 Å². The molecular formula is C29H42O4. The number of esters is 1. The summed E-state index contributed by atoms with van der Waals surface area (Å²) in [6, 6.07) is 14.8. The average molecular weight is 455 g/mol. The normalized spacial score (nSPS) is 11.8. The molecule has 0 fully saturated rings. The fourth-order valence-electron chi connectivity index (χ4n) is 3.62. The Morgan fingerprint density at radius 2 is 1.33 bits per heavy atom. The lowest BCUT2D eigenvalue weighted by Gasteiger charge is -2.14. The summed E-state index contributed by atoms with van der Waals surface area (Å²) in [5, 5.41) is 0. The van der Waals surface area contributed by atoms with Gasteiger partial charge in [-0.05, 0) is 49.6 Å². The third-order valence-corrected chi connectivity index (χ3v) is 5.79. The van der Waals surface area contributed by atoms with E-state index in [-0.39, 0.29) is 12.1 Å². The van der Waals surface area contributed by atoms with Crippen LogP contribution in [0.4, 0.5) is 0 Å². The van der Waals surface area contributed by atoms with Gasteiger partial charge in [-0.15, -0.1) is 0 Å². The van der Waals surface area contributed by atoms with Gasteiger partial charge in [-0.3, -0.25) is 0 Å². The minimum absolute atomic E-state index is 0.00677. The minimum atomic E-state index is -0.388. The van der Waals surface area contributed by atoms with Crippen molar-refractivity contribution >= 4 is 5.97 Å². The predicted octanol–water partition coefficient (Wildman–Crippen LogP) is 8.30. The van der Waals surface area contributed by atoms with Gasteiger partial charge >= 0.3 is 5.97 Å². The van der Waals surface area contributed by atoms with Gasteiger partial charge in [0, 0.05) is 6.61 Å². The molecular weight excluding hydrogens is 412 g/mol. The SMILES string of the molecule is CCCCCCCCCCOC(C)c1ccc(C(=O)Oc2ccccc2OCCCC)cc1. The molecule has 0 saturated heterocycles. The maximum absolute atomic E-state index is 12.6. The van der Waals surface area contributed by atoms with Crippen LogP contribution in [0.15, 0.2) is 48.5 Å². The fourth-order valence-corrected chi connectivity index (χ4v) is 3.62. The van der Waals surface area contributed by atoms with E-state index in [4.69, 9.17) is 14.2 Å². The molecule has 1 unspecified atom stereocenters. The first kappa shape index (κ1) is 26.9. The van der Waals surface area contributed by atoms with Crippen LogP contribution in [0, 0.1) is 0 Å². The molecule has 0 saturated carbocycles. The summed E-state index contributed by atoms with van der Waals surface area (Å²) >= 11 is 0. The van der Waals surface area contributed by atoms with Crippen LogP contribution in [0.25, 0.3) is 0 Å². The number of ether oxygens (including phenoxy) is 3. The van der Waals surface area contributed by atoms with E-state index in [9.17, 15) is 4.79 Å². The molecule has 1 atom stereocenters. The molecule has 0 radical (unpaired) electrons. The van der Waals surface area contributed by atoms with Gasteiger partial charge in [-0.25, -0.2) is 4.79 Å². The number of hydrogen-bond acceptors (Lipinski definition) is 4. The maximum Gasteiger partial charge on any atom is 0.343 e. The topological polar surface area (TPSA) is 44.8 Å². The summed E-state index contributed by atoms with van der Waals surface area (Å²) in [5.74, 6) is 0.657. The van der Waals surface area contributed by atoms with E-state index in [0.717, 1.165) is 31.4 Å². The van der Waals surface area contributed by atoms with Gasteiger partial charge in [-0.2, -0.15) is 0 Å². The van der Waals surface area contributed by atoms with Crippen molar-refractivity contribution in [3.05, 3.63) is 59.7 Å². The molecule has 0 heterocycles. The molecule has 0 aliphatic rings. The molecule has 0 spiro atoms. The lowest BCUT2D eigenvalue weighted by molar-refractivity contribution is 0.0625. The van der Waals surface area contributed by atoms with Crippen molar-refractivity contribution in [2.24, 2.45) is 0 Å². The van der Waals surface area contributed by atoms with Crippen molar-refractivity contribution in [3.8, 4) is 11.5 Å². The van der Waals surface area contributed by atoms with Gasteiger partial charge < -0.3 is 14.2 Å². The van der Waals surface area contributed by atoms with Crippen LogP contribution in [0.3, 0.4) is 0 Å². The number of benzene rings is 2. The zero-order valence-electron chi connectivity index (χ0n) is 20.8. The molecule has 0 amide bonds. The standard InChI is InChI=1S/C29H42O4/c1-4-6-8-9-10-11-12-15-23-31-24(3)25-18-20-26(21-19-25)29(30)33-28-17-14-13-16-27(28)32-22-7-5-2/h13-14,16-21,24H,4-12,15,22-23H2,1-3H3. The molecule has 2 aromatic carbocycles. The smallest absolute Gasteiger partial charge is 0.343 e. The van der Waals surface area contributed by atoms with Gasteiger partial charge in [0.25, 0.3) is 0 Å². The Balaban J connectivity index is 1.75. The largest absolute Gasteiger partial charge is 0.490 e. The summed E-state index contributed by atoms with van der Waals surface area (Å²) in [4.78, 5) is 12.6. The first-order valence-corrected chi connectivity index (χ1v) is 12.8. The highest BCUT2D eigenvalue weighted by molar-refractivity contribution is 5.91. The molecule has 4 heteroatoms. The van der Waals surface area contributed by atoms with Gasteiger partial charge in [0.15, 0.2) is 11.5 Å². The monoisotopic (exact) mass is 454 g/mol. The van der Waals surface area contributed by atoms with Crippen LogP contribution >= 0.6 is 0 Å². The van der Waals surface area contributed by atoms with E-state index in [1.165, 1.54) is 44.9 Å². The molecule has 33 heavy (non-hydrogen) atoms. The van der Waals surface area contributed by atoms with Crippen molar-refractivity contribution in [3.63, 3.8) is 0 Å². The predicted molar refractivity (Wildman–Crippen MR) is 135 cm³/mol. The Hall–Kier alpha value is -2.33. The van der Waals surface area contributed by atoms with Crippen LogP contribution in [0.5, 0.6) is 11.5 Å². The number of carbonyl (C=O) groups is 1. The number of hydrogen-bond donors (Lipinski definition) is 0. The highest BCUT2D eigenvalue weighted by Crippen LogP contribution is 2.28. The fraction of sp³-hybridized carbons (Fsp3) is 0.552. The molecule has 0 bridgehead atoms. The number of carbonyl (C=O) groups excluding carboxylic acids is 1. The summed E-state index contributed by atoms with van der Waals surface area (Å²) in [5.41, 5.74) is 1.58. The second kappa shape index (κ2) is 16.3. The zero-order valence-corrected chi connectivity index (χ0v) is 20.8. The highest BCUT2D eigenvalue weighted by atomic mass is 16.6. The highest BCUT2D eigenvalue weighted by Gasteiger charge is 2.13. The zero-order chi connectivity index (χ0) is 23.7. The molecule has 0 aromatic heterocycles. The van der Waals surface area contributed by atoms with E-state index in [2.05, 4.69) is 20.8 Å². The molecule has 0 N–H and O–H groups in total. The molecule has 0 aliphatic heterocycles. The lowest BCUT2D eigenvalue weighted by Crippen LogP contribution is -2.10. The number of rotatable bonds is 17. The Kier molecular flexibility index (Phi) is 13.3. The number of para-hydroxylation sites is 2. The minimum Gasteiger partial charge on any atom is -0.490 e. The van der Waals surface area contributed by atoms with Crippen molar-refractivity contribution in [1.29, 1.82) is 0 Å². The number of unbranched alkanes of at least 4 members (excludes halogenated alkanes) is 8. The Bertz CT molecular complexity index is 784. The summed E-state index contributed by atoms with van der Waals surface area (Å²) in [7, 11) is 0. The maximum atomic E-state index is 12.6. The van der Waals surface area contributed by atoms with Gasteiger partial charge in [0.2, 0.25) is 0 Å². The van der Waals surface area contributed by atoms with E-state index in [0.29, 0.717) is 23.7 Å². The van der Waals surface area contributed by atoms with E-state index in [1.54, 1.807) is 18.2 Å². The van der Waals surface area contributed by atoms with Gasteiger partial charge in [0.05, 0.1) is 18.3 Å². The van der Waals surface area contributed by atoms with E-state index in [1.807, 2.05) is 30.3 Å². The van der Waals surface area contributed by atoms with Crippen LogP contribution in [-0.4, -0.2) is 19.2 Å². The van der Waals surface area contributed by atoms with E-state index < -0.39 is 0 Å². The first-order valence-electron chi connectivity index (χ1n) is 12.8. The van der Waals surface area contributed by atoms with Crippen LogP contribution < -0.4 is 9.47 Å². The van der Waals surface area contributed by atoms with Gasteiger partial charge in [0.1, 0.15) is 0 Å².